The first kappa shape index (κ1) is 16.4. The van der Waals surface area contributed by atoms with Crippen LogP contribution in [0.2, 0.25) is 0 Å². The van der Waals surface area contributed by atoms with E-state index in [1.54, 1.807) is 26.0 Å². The highest BCUT2D eigenvalue weighted by Gasteiger charge is 2.19. The van der Waals surface area contributed by atoms with Crippen LogP contribution in [-0.4, -0.2) is 62.0 Å². The molecule has 5 nitrogen and oxygen atoms in total. The molecule has 0 aromatic carbocycles. The van der Waals surface area contributed by atoms with Crippen molar-refractivity contribution in [3.05, 3.63) is 0 Å². The van der Waals surface area contributed by atoms with Crippen LogP contribution in [0.5, 0.6) is 0 Å². The lowest BCUT2D eigenvalue weighted by atomic mass is 10.2. The number of methoxy groups -OCH3 is 2. The third kappa shape index (κ3) is 7.31. The molecule has 0 fully saturated rings. The fourth-order valence-corrected chi connectivity index (χ4v) is 1.59. The van der Waals surface area contributed by atoms with Crippen LogP contribution in [0.15, 0.2) is 0 Å². The Morgan fingerprint density at radius 2 is 1.94 bits per heavy atom. The summed E-state index contributed by atoms with van der Waals surface area (Å²) in [5, 5.41) is 9.18. The molecule has 0 aliphatic rings. The first-order chi connectivity index (χ1) is 8.02. The van der Waals surface area contributed by atoms with Crippen molar-refractivity contribution in [2.75, 3.05) is 34.0 Å². The number of carbonyl (C=O) groups is 1. The highest BCUT2D eigenvalue weighted by atomic mass is 16.5. The summed E-state index contributed by atoms with van der Waals surface area (Å²) in [7, 11) is 3.23. The second-order valence-electron chi connectivity index (χ2n) is 4.27. The number of aliphatic hydroxyl groups excluding tert-OH is 1. The summed E-state index contributed by atoms with van der Waals surface area (Å²) in [6.07, 6.45) is 0.401. The van der Waals surface area contributed by atoms with Gasteiger partial charge in [0.2, 0.25) is 5.91 Å². The van der Waals surface area contributed by atoms with Gasteiger partial charge in [-0.15, -0.1) is 0 Å². The van der Waals surface area contributed by atoms with Crippen molar-refractivity contribution in [2.45, 2.75) is 38.8 Å². The summed E-state index contributed by atoms with van der Waals surface area (Å²) in [6.45, 7) is 5.20. The molecule has 2 atom stereocenters. The molecule has 0 aliphatic heterocycles. The van der Waals surface area contributed by atoms with Crippen molar-refractivity contribution in [3.63, 3.8) is 0 Å². The average Bonchev–Trinajstić information content (AvgIpc) is 2.27. The second kappa shape index (κ2) is 9.39. The molecule has 1 N–H and O–H groups in total. The number of hydrogen-bond acceptors (Lipinski definition) is 4. The average molecular weight is 247 g/mol. The van der Waals surface area contributed by atoms with Crippen LogP contribution in [0.3, 0.4) is 0 Å². The van der Waals surface area contributed by atoms with Crippen LogP contribution in [0.25, 0.3) is 0 Å². The largest absolute Gasteiger partial charge is 0.393 e. The number of carbonyl (C=O) groups excluding carboxylic acids is 1. The van der Waals surface area contributed by atoms with E-state index in [0.717, 1.165) is 0 Å². The fourth-order valence-electron chi connectivity index (χ4n) is 1.59. The van der Waals surface area contributed by atoms with Crippen molar-refractivity contribution in [1.29, 1.82) is 0 Å². The normalized spacial score (nSPS) is 14.4. The van der Waals surface area contributed by atoms with Gasteiger partial charge in [0.15, 0.2) is 0 Å². The summed E-state index contributed by atoms with van der Waals surface area (Å²) in [4.78, 5) is 13.7. The summed E-state index contributed by atoms with van der Waals surface area (Å²) >= 11 is 0. The van der Waals surface area contributed by atoms with Gasteiger partial charge in [-0.25, -0.2) is 0 Å². The summed E-state index contributed by atoms with van der Waals surface area (Å²) < 4.78 is 10.0. The molecule has 0 aliphatic carbocycles. The molecule has 0 heterocycles. The summed E-state index contributed by atoms with van der Waals surface area (Å²) in [5.41, 5.74) is 0. The molecular weight excluding hydrogens is 222 g/mol. The first-order valence-electron chi connectivity index (χ1n) is 5.98. The Kier molecular flexibility index (Phi) is 9.03. The van der Waals surface area contributed by atoms with Gasteiger partial charge in [0.05, 0.1) is 25.4 Å². The number of amides is 1. The zero-order chi connectivity index (χ0) is 13.3. The Balaban J connectivity index is 4.28. The van der Waals surface area contributed by atoms with Gasteiger partial charge in [0.1, 0.15) is 0 Å². The van der Waals surface area contributed by atoms with Gasteiger partial charge in [0.25, 0.3) is 0 Å². The van der Waals surface area contributed by atoms with Crippen LogP contribution in [-0.2, 0) is 14.3 Å². The quantitative estimate of drug-likeness (QED) is 0.650. The van der Waals surface area contributed by atoms with Crippen LogP contribution in [0.1, 0.15) is 26.7 Å². The third-order valence-electron chi connectivity index (χ3n) is 2.57. The maximum absolute atomic E-state index is 12.0. The Morgan fingerprint density at radius 1 is 1.29 bits per heavy atom. The van der Waals surface area contributed by atoms with Crippen molar-refractivity contribution >= 4 is 5.91 Å². The lowest BCUT2D eigenvalue weighted by Gasteiger charge is -2.29. The lowest BCUT2D eigenvalue weighted by Crippen LogP contribution is -2.43. The second-order valence-corrected chi connectivity index (χ2v) is 4.27. The van der Waals surface area contributed by atoms with E-state index in [9.17, 15) is 9.90 Å². The van der Waals surface area contributed by atoms with E-state index < -0.39 is 6.10 Å². The van der Waals surface area contributed by atoms with Crippen molar-refractivity contribution in [2.24, 2.45) is 0 Å². The maximum atomic E-state index is 12.0. The van der Waals surface area contributed by atoms with E-state index in [1.807, 2.05) is 6.92 Å². The minimum Gasteiger partial charge on any atom is -0.393 e. The number of nitrogens with zero attached hydrogens (tertiary/aromatic N) is 1. The third-order valence-corrected chi connectivity index (χ3v) is 2.57. The number of rotatable bonds is 9. The SMILES string of the molecule is COCCN(C(=O)CCC(C)O)C(C)COC. The highest BCUT2D eigenvalue weighted by Crippen LogP contribution is 2.06. The predicted molar refractivity (Wildman–Crippen MR) is 65.8 cm³/mol. The van der Waals surface area contributed by atoms with Crippen molar-refractivity contribution in [1.82, 2.24) is 4.90 Å². The molecule has 0 saturated carbocycles. The molecule has 17 heavy (non-hydrogen) atoms. The minimum absolute atomic E-state index is 0.0247. The minimum atomic E-state index is -0.444. The number of ether oxygens (including phenoxy) is 2. The zero-order valence-electron chi connectivity index (χ0n) is 11.3. The molecule has 5 heteroatoms. The Bertz CT molecular complexity index is 209. The van der Waals surface area contributed by atoms with Crippen LogP contribution in [0, 0.1) is 0 Å². The number of aliphatic hydroxyl groups is 1. The smallest absolute Gasteiger partial charge is 0.223 e. The molecule has 0 spiro atoms. The van der Waals surface area contributed by atoms with Gasteiger partial charge in [0, 0.05) is 27.2 Å². The molecule has 0 aromatic rings. The molecule has 0 rings (SSSR count). The van der Waals surface area contributed by atoms with Crippen LogP contribution in [0.4, 0.5) is 0 Å². The van der Waals surface area contributed by atoms with Gasteiger partial charge >= 0.3 is 0 Å². The van der Waals surface area contributed by atoms with Gasteiger partial charge < -0.3 is 19.5 Å². The number of hydrogen-bond donors (Lipinski definition) is 1. The van der Waals surface area contributed by atoms with E-state index in [4.69, 9.17) is 9.47 Å². The maximum Gasteiger partial charge on any atom is 0.223 e. The fraction of sp³-hybridized carbons (Fsp3) is 0.917. The van der Waals surface area contributed by atoms with E-state index in [1.165, 1.54) is 0 Å². The standard InChI is InChI=1S/C12H25NO4/c1-10(9-17-4)13(7-8-16-3)12(15)6-5-11(2)14/h10-11,14H,5-9H2,1-4H3. The molecule has 2 unspecified atom stereocenters. The molecule has 1 amide bonds. The van der Waals surface area contributed by atoms with Crippen LogP contribution >= 0.6 is 0 Å². The summed E-state index contributed by atoms with van der Waals surface area (Å²) in [5.74, 6) is 0.0347. The predicted octanol–water partition coefficient (Wildman–Crippen LogP) is 0.657. The van der Waals surface area contributed by atoms with Crippen molar-refractivity contribution < 1.29 is 19.4 Å². The van der Waals surface area contributed by atoms with E-state index >= 15 is 0 Å². The topological polar surface area (TPSA) is 59.0 Å². The van der Waals surface area contributed by atoms with Crippen molar-refractivity contribution in [3.8, 4) is 0 Å². The Labute approximate surface area is 104 Å². The zero-order valence-corrected chi connectivity index (χ0v) is 11.3. The van der Waals surface area contributed by atoms with Gasteiger partial charge in [-0.1, -0.05) is 0 Å². The van der Waals surface area contributed by atoms with Gasteiger partial charge in [-0.2, -0.15) is 0 Å². The monoisotopic (exact) mass is 247 g/mol. The van der Waals surface area contributed by atoms with Crippen LogP contribution < -0.4 is 0 Å². The molecule has 0 aromatic heterocycles. The van der Waals surface area contributed by atoms with E-state index in [-0.39, 0.29) is 11.9 Å². The van der Waals surface area contributed by atoms with Gasteiger partial charge in [-0.05, 0) is 20.3 Å². The molecule has 102 valence electrons. The Morgan fingerprint density at radius 3 is 2.41 bits per heavy atom. The van der Waals surface area contributed by atoms with E-state index in [2.05, 4.69) is 0 Å². The molecule has 0 radical (unpaired) electrons. The lowest BCUT2D eigenvalue weighted by molar-refractivity contribution is -0.135. The first-order valence-corrected chi connectivity index (χ1v) is 5.98. The molecule has 0 saturated heterocycles. The Hall–Kier alpha value is -0.650. The molecule has 0 bridgehead atoms. The summed E-state index contributed by atoms with van der Waals surface area (Å²) in [6, 6.07) is 0.0247. The highest BCUT2D eigenvalue weighted by molar-refractivity contribution is 5.76. The molecular formula is C12H25NO4. The van der Waals surface area contributed by atoms with E-state index in [0.29, 0.717) is 32.6 Å². The van der Waals surface area contributed by atoms with Gasteiger partial charge in [-0.3, -0.25) is 4.79 Å².